The molecule has 1 saturated carbocycles. The van der Waals surface area contributed by atoms with E-state index in [9.17, 15) is 14.7 Å². The average Bonchev–Trinajstić information content (AvgIpc) is 3.02. The van der Waals surface area contributed by atoms with E-state index in [1.165, 1.54) is 0 Å². The van der Waals surface area contributed by atoms with Gasteiger partial charge < -0.3 is 19.5 Å². The number of nitrogens with zero attached hydrogens (tertiary/aromatic N) is 1. The summed E-state index contributed by atoms with van der Waals surface area (Å²) in [6.07, 6.45) is 4.74. The monoisotopic (exact) mass is 379 g/mol. The SMILES string of the molecule is O=C(O)C1CC2CCCCC2N1C(=O)Cc1cc(Cl)c2c(c1)OCCO2. The zero-order valence-corrected chi connectivity index (χ0v) is 15.2. The highest BCUT2D eigenvalue weighted by Crippen LogP contribution is 2.41. The lowest BCUT2D eigenvalue weighted by molar-refractivity contribution is -0.149. The van der Waals surface area contributed by atoms with Gasteiger partial charge in [-0.1, -0.05) is 24.4 Å². The van der Waals surface area contributed by atoms with Gasteiger partial charge in [0, 0.05) is 6.04 Å². The molecule has 0 radical (unpaired) electrons. The second kappa shape index (κ2) is 6.99. The van der Waals surface area contributed by atoms with E-state index in [1.807, 2.05) is 0 Å². The number of ether oxygens (including phenoxy) is 2. The van der Waals surface area contributed by atoms with Crippen LogP contribution in [0.4, 0.5) is 0 Å². The van der Waals surface area contributed by atoms with Crippen molar-refractivity contribution in [2.75, 3.05) is 13.2 Å². The van der Waals surface area contributed by atoms with Gasteiger partial charge in [-0.3, -0.25) is 4.79 Å². The van der Waals surface area contributed by atoms with E-state index in [1.54, 1.807) is 17.0 Å². The molecule has 3 unspecified atom stereocenters. The van der Waals surface area contributed by atoms with Gasteiger partial charge in [0.05, 0.1) is 11.4 Å². The fourth-order valence-corrected chi connectivity index (χ4v) is 4.86. The van der Waals surface area contributed by atoms with Gasteiger partial charge >= 0.3 is 5.97 Å². The summed E-state index contributed by atoms with van der Waals surface area (Å²) in [5.41, 5.74) is 0.715. The number of likely N-dealkylation sites (tertiary alicyclic amines) is 1. The van der Waals surface area contributed by atoms with Crippen LogP contribution in [0.2, 0.25) is 5.02 Å². The molecule has 1 N–H and O–H groups in total. The number of halogens is 1. The molecule has 1 aliphatic carbocycles. The first-order valence-electron chi connectivity index (χ1n) is 9.16. The average molecular weight is 380 g/mol. The molecular formula is C19H22ClNO5. The minimum absolute atomic E-state index is 0.0463. The summed E-state index contributed by atoms with van der Waals surface area (Å²) in [6.45, 7) is 0.889. The van der Waals surface area contributed by atoms with Crippen LogP contribution in [0, 0.1) is 5.92 Å². The number of carbonyl (C=O) groups excluding carboxylic acids is 1. The van der Waals surface area contributed by atoms with Crippen LogP contribution in [-0.4, -0.2) is 47.2 Å². The topological polar surface area (TPSA) is 76.1 Å². The van der Waals surface area contributed by atoms with Crippen LogP contribution in [-0.2, 0) is 16.0 Å². The van der Waals surface area contributed by atoms with E-state index in [0.29, 0.717) is 47.6 Å². The summed E-state index contributed by atoms with van der Waals surface area (Å²) in [6, 6.07) is 2.80. The molecule has 7 heteroatoms. The highest BCUT2D eigenvalue weighted by molar-refractivity contribution is 6.32. The summed E-state index contributed by atoms with van der Waals surface area (Å²) in [5.74, 6) is 0.287. The van der Waals surface area contributed by atoms with Crippen molar-refractivity contribution in [3.05, 3.63) is 22.7 Å². The molecule has 1 aromatic carbocycles. The molecule has 2 fully saturated rings. The van der Waals surface area contributed by atoms with Crippen LogP contribution >= 0.6 is 11.6 Å². The maximum absolute atomic E-state index is 13.0. The summed E-state index contributed by atoms with van der Waals surface area (Å²) in [5, 5.41) is 10.0. The minimum Gasteiger partial charge on any atom is -0.486 e. The van der Waals surface area contributed by atoms with Gasteiger partial charge in [0.25, 0.3) is 0 Å². The Hall–Kier alpha value is -1.95. The highest BCUT2D eigenvalue weighted by atomic mass is 35.5. The van der Waals surface area contributed by atoms with Crippen LogP contribution in [0.3, 0.4) is 0 Å². The fraction of sp³-hybridized carbons (Fsp3) is 0.579. The van der Waals surface area contributed by atoms with Crippen molar-refractivity contribution >= 4 is 23.5 Å². The Labute approximate surface area is 157 Å². The minimum atomic E-state index is -0.909. The number of carboxylic acid groups (broad SMARTS) is 1. The van der Waals surface area contributed by atoms with Crippen molar-refractivity contribution in [2.24, 2.45) is 5.92 Å². The summed E-state index contributed by atoms with van der Waals surface area (Å²) < 4.78 is 11.1. The molecule has 1 amide bonds. The predicted molar refractivity (Wildman–Crippen MR) is 94.8 cm³/mol. The zero-order chi connectivity index (χ0) is 18.3. The second-order valence-corrected chi connectivity index (χ2v) is 7.69. The Morgan fingerprint density at radius 1 is 1.19 bits per heavy atom. The third-order valence-electron chi connectivity index (χ3n) is 5.67. The number of hydrogen-bond acceptors (Lipinski definition) is 4. The maximum atomic E-state index is 13.0. The molecule has 6 nitrogen and oxygen atoms in total. The van der Waals surface area contributed by atoms with Gasteiger partial charge in [-0.15, -0.1) is 0 Å². The van der Waals surface area contributed by atoms with Crippen molar-refractivity contribution in [2.45, 2.75) is 50.6 Å². The smallest absolute Gasteiger partial charge is 0.326 e. The third-order valence-corrected chi connectivity index (χ3v) is 5.95. The van der Waals surface area contributed by atoms with Crippen molar-refractivity contribution in [1.82, 2.24) is 4.90 Å². The maximum Gasteiger partial charge on any atom is 0.326 e. The normalized spacial score (nSPS) is 27.1. The quantitative estimate of drug-likeness (QED) is 0.873. The fourth-order valence-electron chi connectivity index (χ4n) is 4.57. The molecule has 0 aromatic heterocycles. The molecule has 2 aliphatic heterocycles. The van der Waals surface area contributed by atoms with E-state index in [4.69, 9.17) is 21.1 Å². The van der Waals surface area contributed by atoms with Gasteiger partial charge in [0.2, 0.25) is 5.91 Å². The molecule has 1 aromatic rings. The van der Waals surface area contributed by atoms with E-state index >= 15 is 0 Å². The van der Waals surface area contributed by atoms with Crippen LogP contribution in [0.15, 0.2) is 12.1 Å². The first-order valence-corrected chi connectivity index (χ1v) is 9.54. The van der Waals surface area contributed by atoms with E-state index < -0.39 is 12.0 Å². The molecule has 3 aliphatic rings. The van der Waals surface area contributed by atoms with Gasteiger partial charge in [-0.2, -0.15) is 0 Å². The lowest BCUT2D eigenvalue weighted by Gasteiger charge is -2.33. The number of carbonyl (C=O) groups is 2. The van der Waals surface area contributed by atoms with E-state index in [2.05, 4.69) is 0 Å². The van der Waals surface area contributed by atoms with Gasteiger partial charge in [0.1, 0.15) is 19.3 Å². The van der Waals surface area contributed by atoms with Gasteiger partial charge in [-0.05, 0) is 42.9 Å². The van der Waals surface area contributed by atoms with Crippen molar-refractivity contribution in [1.29, 1.82) is 0 Å². The van der Waals surface area contributed by atoms with E-state index in [-0.39, 0.29) is 18.4 Å². The molecule has 3 atom stereocenters. The van der Waals surface area contributed by atoms with Crippen LogP contribution in [0.5, 0.6) is 11.5 Å². The largest absolute Gasteiger partial charge is 0.486 e. The number of carboxylic acids is 1. The predicted octanol–water partition coefficient (Wildman–Crippen LogP) is 2.90. The third kappa shape index (κ3) is 3.11. The summed E-state index contributed by atoms with van der Waals surface area (Å²) in [4.78, 5) is 26.3. The molecule has 2 heterocycles. The Kier molecular flexibility index (Phi) is 4.69. The highest BCUT2D eigenvalue weighted by Gasteiger charge is 2.47. The van der Waals surface area contributed by atoms with Crippen molar-refractivity contribution in [3.8, 4) is 11.5 Å². The standard InChI is InChI=1S/C19H22ClNO5/c20-13-7-11(8-16-18(13)26-6-5-25-16)9-17(22)21-14-4-2-1-3-12(14)10-15(21)19(23)24/h7-8,12,14-15H,1-6,9-10H2,(H,23,24). The Bertz CT molecular complexity index is 737. The van der Waals surface area contributed by atoms with Crippen molar-refractivity contribution in [3.63, 3.8) is 0 Å². The number of aliphatic carboxylic acids is 1. The number of amides is 1. The number of fused-ring (bicyclic) bond motifs is 2. The first kappa shape index (κ1) is 17.5. The van der Waals surface area contributed by atoms with E-state index in [0.717, 1.165) is 25.7 Å². The lowest BCUT2D eigenvalue weighted by atomic mass is 9.84. The molecule has 0 spiro atoms. The second-order valence-electron chi connectivity index (χ2n) is 7.28. The Morgan fingerprint density at radius 3 is 2.77 bits per heavy atom. The summed E-state index contributed by atoms with van der Waals surface area (Å²) >= 11 is 6.26. The molecule has 4 rings (SSSR count). The summed E-state index contributed by atoms with van der Waals surface area (Å²) in [7, 11) is 0. The molecule has 26 heavy (non-hydrogen) atoms. The van der Waals surface area contributed by atoms with Crippen LogP contribution in [0.25, 0.3) is 0 Å². The van der Waals surface area contributed by atoms with Crippen LogP contribution in [0.1, 0.15) is 37.7 Å². The Morgan fingerprint density at radius 2 is 1.96 bits per heavy atom. The molecule has 0 bridgehead atoms. The van der Waals surface area contributed by atoms with Crippen LogP contribution < -0.4 is 9.47 Å². The lowest BCUT2D eigenvalue weighted by Crippen LogP contribution is -2.46. The molecular weight excluding hydrogens is 358 g/mol. The van der Waals surface area contributed by atoms with Gasteiger partial charge in [-0.25, -0.2) is 4.79 Å². The number of benzene rings is 1. The first-order chi connectivity index (χ1) is 12.5. The number of hydrogen-bond donors (Lipinski definition) is 1. The van der Waals surface area contributed by atoms with Crippen molar-refractivity contribution < 1.29 is 24.2 Å². The molecule has 140 valence electrons. The Balaban J connectivity index is 1.56. The van der Waals surface area contributed by atoms with Gasteiger partial charge in [0.15, 0.2) is 11.5 Å². The zero-order valence-electron chi connectivity index (χ0n) is 14.4. The number of rotatable bonds is 3. The molecule has 1 saturated heterocycles.